The zero-order valence-electron chi connectivity index (χ0n) is 14.3. The fourth-order valence-electron chi connectivity index (χ4n) is 3.01. The third-order valence-corrected chi connectivity index (χ3v) is 6.78. The molecular formula is C16H25BrN2O4S. The lowest BCUT2D eigenvalue weighted by Gasteiger charge is -2.41. The van der Waals surface area contributed by atoms with Gasteiger partial charge >= 0.3 is 0 Å². The van der Waals surface area contributed by atoms with Crippen LogP contribution in [0.1, 0.15) is 20.3 Å². The molecule has 1 saturated heterocycles. The minimum atomic E-state index is -3.55. The molecule has 0 amide bonds. The standard InChI is InChI=1S/C16H25BrN2O4S/c1-4-13-11-19(8-7-18(13)10-12(2)20)24(21,22)14-5-6-16(23-3)15(17)9-14/h5-6,9,12-13,20H,4,7-8,10-11H2,1-3H3/t12-,13-/m0/s1. The van der Waals surface area contributed by atoms with E-state index in [9.17, 15) is 13.5 Å². The topological polar surface area (TPSA) is 70.1 Å². The van der Waals surface area contributed by atoms with Gasteiger partial charge in [0.05, 0.1) is 22.6 Å². The van der Waals surface area contributed by atoms with Crippen LogP contribution in [-0.4, -0.2) is 68.2 Å². The van der Waals surface area contributed by atoms with Gasteiger partial charge in [-0.15, -0.1) is 0 Å². The van der Waals surface area contributed by atoms with Crippen molar-refractivity contribution >= 4 is 26.0 Å². The summed E-state index contributed by atoms with van der Waals surface area (Å²) in [5, 5.41) is 9.61. The summed E-state index contributed by atoms with van der Waals surface area (Å²) in [4.78, 5) is 2.43. The highest BCUT2D eigenvalue weighted by Gasteiger charge is 2.33. The molecule has 6 nitrogen and oxygen atoms in total. The Hall–Kier alpha value is -0.670. The molecule has 24 heavy (non-hydrogen) atoms. The van der Waals surface area contributed by atoms with Crippen molar-refractivity contribution in [3.8, 4) is 5.75 Å². The van der Waals surface area contributed by atoms with E-state index in [1.165, 1.54) is 4.31 Å². The van der Waals surface area contributed by atoms with Gasteiger partial charge in [0, 0.05) is 32.2 Å². The van der Waals surface area contributed by atoms with Crippen molar-refractivity contribution in [2.45, 2.75) is 37.3 Å². The van der Waals surface area contributed by atoms with Crippen LogP contribution in [0.5, 0.6) is 5.75 Å². The van der Waals surface area contributed by atoms with Crippen LogP contribution < -0.4 is 4.74 Å². The number of nitrogens with zero attached hydrogens (tertiary/aromatic N) is 2. The van der Waals surface area contributed by atoms with E-state index in [0.717, 1.165) is 6.42 Å². The minimum absolute atomic E-state index is 0.116. The van der Waals surface area contributed by atoms with Gasteiger partial charge in [-0.1, -0.05) is 6.92 Å². The number of aliphatic hydroxyl groups is 1. The second kappa shape index (κ2) is 8.14. The van der Waals surface area contributed by atoms with E-state index in [-0.39, 0.29) is 10.9 Å². The highest BCUT2D eigenvalue weighted by molar-refractivity contribution is 9.10. The maximum Gasteiger partial charge on any atom is 0.243 e. The number of ether oxygens (including phenoxy) is 1. The largest absolute Gasteiger partial charge is 0.496 e. The Kier molecular flexibility index (Phi) is 6.66. The number of piperazine rings is 1. The number of hydrogen-bond donors (Lipinski definition) is 1. The number of hydrogen-bond acceptors (Lipinski definition) is 5. The van der Waals surface area contributed by atoms with Crippen molar-refractivity contribution in [1.29, 1.82) is 0 Å². The van der Waals surface area contributed by atoms with Crippen LogP contribution in [0, 0.1) is 0 Å². The SMILES string of the molecule is CC[C@H]1CN(S(=O)(=O)c2ccc(OC)c(Br)c2)CCN1C[C@H](C)O. The summed E-state index contributed by atoms with van der Waals surface area (Å²) in [6.45, 7) is 5.86. The maximum atomic E-state index is 12.9. The first kappa shape index (κ1) is 19.7. The number of halogens is 1. The molecule has 1 aromatic rings. The molecule has 1 heterocycles. The third kappa shape index (κ3) is 4.29. The molecule has 1 N–H and O–H groups in total. The Morgan fingerprint density at radius 2 is 2.12 bits per heavy atom. The fraction of sp³-hybridized carbons (Fsp3) is 0.625. The van der Waals surface area contributed by atoms with Crippen molar-refractivity contribution in [3.63, 3.8) is 0 Å². The number of rotatable bonds is 6. The van der Waals surface area contributed by atoms with E-state index in [1.54, 1.807) is 32.2 Å². The summed E-state index contributed by atoms with van der Waals surface area (Å²) in [5.74, 6) is 0.599. The summed E-state index contributed by atoms with van der Waals surface area (Å²) in [5.41, 5.74) is 0. The monoisotopic (exact) mass is 420 g/mol. The minimum Gasteiger partial charge on any atom is -0.496 e. The lowest BCUT2D eigenvalue weighted by atomic mass is 10.1. The van der Waals surface area contributed by atoms with E-state index in [2.05, 4.69) is 20.8 Å². The second-order valence-corrected chi connectivity index (χ2v) is 8.86. The molecule has 1 aromatic carbocycles. The molecule has 0 unspecified atom stereocenters. The molecule has 1 aliphatic heterocycles. The average molecular weight is 421 g/mol. The normalized spacial score (nSPS) is 21.6. The van der Waals surface area contributed by atoms with E-state index in [1.807, 2.05) is 6.92 Å². The highest BCUT2D eigenvalue weighted by Crippen LogP contribution is 2.29. The van der Waals surface area contributed by atoms with Gasteiger partial charge in [0.15, 0.2) is 0 Å². The van der Waals surface area contributed by atoms with Gasteiger partial charge in [0.1, 0.15) is 5.75 Å². The van der Waals surface area contributed by atoms with Crippen molar-refractivity contribution in [2.75, 3.05) is 33.3 Å². The van der Waals surface area contributed by atoms with Crippen LogP contribution in [0.15, 0.2) is 27.6 Å². The Bertz CT molecular complexity index is 666. The lowest BCUT2D eigenvalue weighted by molar-refractivity contribution is 0.0613. The molecule has 1 aliphatic rings. The zero-order valence-corrected chi connectivity index (χ0v) is 16.7. The van der Waals surface area contributed by atoms with Crippen molar-refractivity contribution in [1.82, 2.24) is 9.21 Å². The van der Waals surface area contributed by atoms with Crippen molar-refractivity contribution in [3.05, 3.63) is 22.7 Å². The lowest BCUT2D eigenvalue weighted by Crippen LogP contribution is -2.55. The second-order valence-electron chi connectivity index (χ2n) is 6.07. The Balaban J connectivity index is 2.20. The summed E-state index contributed by atoms with van der Waals surface area (Å²) >= 11 is 3.34. The predicted octanol–water partition coefficient (Wildman–Crippen LogP) is 1.92. The molecule has 0 spiro atoms. The van der Waals surface area contributed by atoms with Crippen LogP contribution in [0.25, 0.3) is 0 Å². The van der Waals surface area contributed by atoms with Gasteiger partial charge in [0.2, 0.25) is 10.0 Å². The van der Waals surface area contributed by atoms with Crippen molar-refractivity contribution < 1.29 is 18.3 Å². The smallest absolute Gasteiger partial charge is 0.243 e. The Labute approximate surface area is 152 Å². The van der Waals surface area contributed by atoms with E-state index < -0.39 is 16.1 Å². The Morgan fingerprint density at radius 3 is 2.67 bits per heavy atom. The molecule has 0 aromatic heterocycles. The molecule has 2 rings (SSSR count). The Morgan fingerprint density at radius 1 is 1.42 bits per heavy atom. The molecule has 1 fully saturated rings. The molecule has 136 valence electrons. The number of sulfonamides is 1. The molecule has 0 bridgehead atoms. The highest BCUT2D eigenvalue weighted by atomic mass is 79.9. The van der Waals surface area contributed by atoms with Crippen LogP contribution in [0.2, 0.25) is 0 Å². The fourth-order valence-corrected chi connectivity index (χ4v) is 5.19. The maximum absolute atomic E-state index is 12.9. The van der Waals surface area contributed by atoms with E-state index >= 15 is 0 Å². The molecule has 0 aliphatic carbocycles. The number of benzene rings is 1. The van der Waals surface area contributed by atoms with Crippen LogP contribution in [0.4, 0.5) is 0 Å². The van der Waals surface area contributed by atoms with Crippen LogP contribution in [0.3, 0.4) is 0 Å². The summed E-state index contributed by atoms with van der Waals surface area (Å²) < 4.78 is 33.2. The van der Waals surface area contributed by atoms with E-state index in [0.29, 0.717) is 36.4 Å². The summed E-state index contributed by atoms with van der Waals surface area (Å²) in [7, 11) is -2.00. The third-order valence-electron chi connectivity index (χ3n) is 4.30. The van der Waals surface area contributed by atoms with Crippen LogP contribution in [-0.2, 0) is 10.0 Å². The zero-order chi connectivity index (χ0) is 17.9. The molecule has 8 heteroatoms. The molecule has 0 saturated carbocycles. The number of aliphatic hydroxyl groups excluding tert-OH is 1. The first-order chi connectivity index (χ1) is 11.3. The van der Waals surface area contributed by atoms with Gasteiger partial charge in [-0.25, -0.2) is 8.42 Å². The van der Waals surface area contributed by atoms with Gasteiger partial charge in [-0.3, -0.25) is 4.90 Å². The first-order valence-electron chi connectivity index (χ1n) is 8.05. The van der Waals surface area contributed by atoms with Crippen molar-refractivity contribution in [2.24, 2.45) is 0 Å². The van der Waals surface area contributed by atoms with Gasteiger partial charge < -0.3 is 9.84 Å². The molecule has 2 atom stereocenters. The predicted molar refractivity (Wildman–Crippen MR) is 96.8 cm³/mol. The quantitative estimate of drug-likeness (QED) is 0.760. The van der Waals surface area contributed by atoms with Gasteiger partial charge in [-0.2, -0.15) is 4.31 Å². The van der Waals surface area contributed by atoms with Crippen LogP contribution >= 0.6 is 15.9 Å². The number of methoxy groups -OCH3 is 1. The molecule has 0 radical (unpaired) electrons. The first-order valence-corrected chi connectivity index (χ1v) is 10.3. The summed E-state index contributed by atoms with van der Waals surface area (Å²) in [6, 6.07) is 4.92. The summed E-state index contributed by atoms with van der Waals surface area (Å²) in [6.07, 6.45) is 0.421. The van der Waals surface area contributed by atoms with Gasteiger partial charge in [0.25, 0.3) is 0 Å². The molecular weight excluding hydrogens is 396 g/mol. The average Bonchev–Trinajstić information content (AvgIpc) is 2.54. The van der Waals surface area contributed by atoms with Gasteiger partial charge in [-0.05, 0) is 47.5 Å². The van der Waals surface area contributed by atoms with E-state index in [4.69, 9.17) is 4.74 Å². The number of β-amino-alcohol motifs (C(OH)–C–C–N with tert-alkyl or cyclic N) is 1.